The number of amides is 1. The number of nitrogens with one attached hydrogen (secondary N) is 2. The van der Waals surface area contributed by atoms with Crippen LogP contribution in [-0.4, -0.2) is 31.3 Å². The van der Waals surface area contributed by atoms with E-state index in [1.165, 1.54) is 25.7 Å². The smallest absolute Gasteiger partial charge is 0.407 e. The fraction of sp³-hybridized carbons (Fsp3) is 0.947. The first-order chi connectivity index (χ1) is 10.7. The molecule has 134 valence electrons. The Hall–Kier alpha value is -0.770. The van der Waals surface area contributed by atoms with E-state index in [4.69, 9.17) is 4.74 Å². The van der Waals surface area contributed by atoms with Gasteiger partial charge in [0, 0.05) is 6.54 Å². The molecule has 2 N–H and O–H groups in total. The Balaban J connectivity index is 1.66. The maximum atomic E-state index is 11.8. The van der Waals surface area contributed by atoms with Gasteiger partial charge < -0.3 is 15.4 Å². The number of hydrogen-bond acceptors (Lipinski definition) is 3. The molecule has 2 bridgehead atoms. The molecule has 0 radical (unpaired) electrons. The lowest BCUT2D eigenvalue weighted by molar-refractivity contribution is 0.0514. The van der Waals surface area contributed by atoms with E-state index >= 15 is 0 Å². The van der Waals surface area contributed by atoms with Gasteiger partial charge >= 0.3 is 6.09 Å². The molecule has 1 amide bonds. The van der Waals surface area contributed by atoms with Crippen LogP contribution in [0.3, 0.4) is 0 Å². The van der Waals surface area contributed by atoms with Gasteiger partial charge in [-0.3, -0.25) is 0 Å². The molecule has 2 fully saturated rings. The Kier molecular flexibility index (Phi) is 6.35. The average molecular weight is 325 g/mol. The van der Waals surface area contributed by atoms with E-state index in [-0.39, 0.29) is 6.09 Å². The molecule has 2 aliphatic carbocycles. The van der Waals surface area contributed by atoms with Crippen molar-refractivity contribution in [2.75, 3.05) is 19.6 Å². The molecular weight excluding hydrogens is 288 g/mol. The first-order valence-corrected chi connectivity index (χ1v) is 9.42. The quantitative estimate of drug-likeness (QED) is 0.749. The molecule has 0 aromatic carbocycles. The van der Waals surface area contributed by atoms with Gasteiger partial charge in [-0.1, -0.05) is 20.3 Å². The second-order valence-corrected chi connectivity index (χ2v) is 8.98. The molecule has 4 nitrogen and oxygen atoms in total. The zero-order valence-corrected chi connectivity index (χ0v) is 15.7. The van der Waals surface area contributed by atoms with E-state index in [1.54, 1.807) is 0 Å². The fourth-order valence-corrected chi connectivity index (χ4v) is 4.15. The molecule has 2 saturated carbocycles. The lowest BCUT2D eigenvalue weighted by Crippen LogP contribution is -2.40. The molecular formula is C19H36N2O2. The van der Waals surface area contributed by atoms with Gasteiger partial charge in [0.25, 0.3) is 0 Å². The van der Waals surface area contributed by atoms with Crippen molar-refractivity contribution in [3.8, 4) is 0 Å². The van der Waals surface area contributed by atoms with Gasteiger partial charge in [-0.05, 0) is 82.7 Å². The normalized spacial score (nSPS) is 28.2. The van der Waals surface area contributed by atoms with E-state index < -0.39 is 5.60 Å². The van der Waals surface area contributed by atoms with Crippen molar-refractivity contribution in [3.63, 3.8) is 0 Å². The molecule has 4 heteroatoms. The van der Waals surface area contributed by atoms with Gasteiger partial charge in [0.2, 0.25) is 0 Å². The van der Waals surface area contributed by atoms with Gasteiger partial charge in [0.1, 0.15) is 5.60 Å². The van der Waals surface area contributed by atoms with Gasteiger partial charge in [-0.15, -0.1) is 0 Å². The van der Waals surface area contributed by atoms with E-state index in [1.807, 2.05) is 20.8 Å². The lowest BCUT2D eigenvalue weighted by atomic mass is 9.88. The van der Waals surface area contributed by atoms with Crippen molar-refractivity contribution in [1.82, 2.24) is 10.6 Å². The summed E-state index contributed by atoms with van der Waals surface area (Å²) >= 11 is 0. The van der Waals surface area contributed by atoms with E-state index in [9.17, 15) is 4.79 Å². The van der Waals surface area contributed by atoms with Gasteiger partial charge in [0.05, 0.1) is 0 Å². The van der Waals surface area contributed by atoms with Crippen molar-refractivity contribution in [3.05, 3.63) is 0 Å². The number of fused-ring (bicyclic) bond motifs is 2. The van der Waals surface area contributed by atoms with Crippen molar-refractivity contribution in [2.45, 2.75) is 65.9 Å². The summed E-state index contributed by atoms with van der Waals surface area (Å²) in [6.45, 7) is 12.9. The predicted octanol–water partition coefficient (Wildman–Crippen LogP) is 3.81. The standard InChI is InChI=1S/C19H36N2O2/c1-13(2)17(12-21-18(22)23-19(3,4)5)11-20-10-16-9-14-6-7-15(16)8-14/h13-17,20H,6-12H2,1-5H3,(H,21,22). The number of alkyl carbamates (subject to hydrolysis) is 1. The summed E-state index contributed by atoms with van der Waals surface area (Å²) in [5.74, 6) is 3.87. The van der Waals surface area contributed by atoms with Crippen molar-refractivity contribution < 1.29 is 9.53 Å². The molecule has 0 spiro atoms. The zero-order chi connectivity index (χ0) is 17.0. The number of carbonyl (C=O) groups excluding carboxylic acids is 1. The van der Waals surface area contributed by atoms with Crippen LogP contribution in [-0.2, 0) is 4.74 Å². The molecule has 2 aliphatic rings. The first-order valence-electron chi connectivity index (χ1n) is 9.42. The van der Waals surface area contributed by atoms with Crippen LogP contribution < -0.4 is 10.6 Å². The SMILES string of the molecule is CC(C)C(CNCC1CC2CCC1C2)CNC(=O)OC(C)(C)C. The topological polar surface area (TPSA) is 50.4 Å². The van der Waals surface area contributed by atoms with Crippen LogP contribution in [0.4, 0.5) is 4.79 Å². The zero-order valence-electron chi connectivity index (χ0n) is 15.7. The Morgan fingerprint density at radius 3 is 2.43 bits per heavy atom. The highest BCUT2D eigenvalue weighted by Crippen LogP contribution is 2.47. The Morgan fingerprint density at radius 1 is 1.17 bits per heavy atom. The monoisotopic (exact) mass is 324 g/mol. The summed E-state index contributed by atoms with van der Waals surface area (Å²) in [6, 6.07) is 0. The van der Waals surface area contributed by atoms with Crippen LogP contribution >= 0.6 is 0 Å². The maximum Gasteiger partial charge on any atom is 0.407 e. The fourth-order valence-electron chi connectivity index (χ4n) is 4.15. The molecule has 0 aromatic heterocycles. The van der Waals surface area contributed by atoms with Gasteiger partial charge in [-0.25, -0.2) is 4.79 Å². The number of carbonyl (C=O) groups is 1. The summed E-state index contributed by atoms with van der Waals surface area (Å²) in [5, 5.41) is 6.60. The van der Waals surface area contributed by atoms with Gasteiger partial charge in [-0.2, -0.15) is 0 Å². The van der Waals surface area contributed by atoms with Gasteiger partial charge in [0.15, 0.2) is 0 Å². The minimum Gasteiger partial charge on any atom is -0.444 e. The third-order valence-electron chi connectivity index (χ3n) is 5.55. The number of hydrogen-bond donors (Lipinski definition) is 2. The number of ether oxygens (including phenoxy) is 1. The summed E-state index contributed by atoms with van der Waals surface area (Å²) in [5.41, 5.74) is -0.433. The van der Waals surface area contributed by atoms with E-state index in [0.29, 0.717) is 18.4 Å². The van der Waals surface area contributed by atoms with Crippen LogP contribution in [0.5, 0.6) is 0 Å². The largest absolute Gasteiger partial charge is 0.444 e. The Bertz CT molecular complexity index is 389. The van der Waals surface area contributed by atoms with Crippen molar-refractivity contribution >= 4 is 6.09 Å². The minimum atomic E-state index is -0.433. The minimum absolute atomic E-state index is 0.309. The van der Waals surface area contributed by atoms with Crippen LogP contribution in [0.2, 0.25) is 0 Å². The highest BCUT2D eigenvalue weighted by molar-refractivity contribution is 5.67. The second kappa shape index (κ2) is 7.87. The molecule has 4 unspecified atom stereocenters. The second-order valence-electron chi connectivity index (χ2n) is 8.98. The highest BCUT2D eigenvalue weighted by Gasteiger charge is 2.38. The molecule has 4 atom stereocenters. The van der Waals surface area contributed by atoms with Crippen molar-refractivity contribution in [2.24, 2.45) is 29.6 Å². The van der Waals surface area contributed by atoms with E-state index in [2.05, 4.69) is 24.5 Å². The third-order valence-corrected chi connectivity index (χ3v) is 5.55. The van der Waals surface area contributed by atoms with Crippen LogP contribution in [0.15, 0.2) is 0 Å². The highest BCUT2D eigenvalue weighted by atomic mass is 16.6. The van der Waals surface area contributed by atoms with E-state index in [0.717, 1.165) is 30.8 Å². The predicted molar refractivity (Wildman–Crippen MR) is 94.4 cm³/mol. The summed E-state index contributed by atoms with van der Waals surface area (Å²) < 4.78 is 5.32. The molecule has 23 heavy (non-hydrogen) atoms. The molecule has 0 heterocycles. The maximum absolute atomic E-state index is 11.8. The van der Waals surface area contributed by atoms with Crippen LogP contribution in [0.1, 0.15) is 60.3 Å². The lowest BCUT2D eigenvalue weighted by Gasteiger charge is -2.26. The molecule has 0 aliphatic heterocycles. The van der Waals surface area contributed by atoms with Crippen LogP contribution in [0.25, 0.3) is 0 Å². The molecule has 0 aromatic rings. The molecule has 2 rings (SSSR count). The molecule has 0 saturated heterocycles. The summed E-state index contributed by atoms with van der Waals surface area (Å²) in [7, 11) is 0. The third kappa shape index (κ3) is 5.98. The Labute approximate surface area is 142 Å². The summed E-state index contributed by atoms with van der Waals surface area (Å²) in [6.07, 6.45) is 5.51. The van der Waals surface area contributed by atoms with Crippen molar-refractivity contribution in [1.29, 1.82) is 0 Å². The average Bonchev–Trinajstić information content (AvgIpc) is 3.02. The number of rotatable bonds is 7. The van der Waals surface area contributed by atoms with Crippen LogP contribution in [0, 0.1) is 29.6 Å². The first kappa shape index (κ1) is 18.6. The Morgan fingerprint density at radius 2 is 1.91 bits per heavy atom. The summed E-state index contributed by atoms with van der Waals surface area (Å²) in [4.78, 5) is 11.8.